The van der Waals surface area contributed by atoms with Crippen molar-refractivity contribution < 1.29 is 22.7 Å². The molecule has 3 rings (SSSR count). The molecule has 1 aromatic heterocycles. The summed E-state index contributed by atoms with van der Waals surface area (Å²) in [5.41, 5.74) is 1.09. The number of benzene rings is 1. The highest BCUT2D eigenvalue weighted by Gasteiger charge is 2.34. The van der Waals surface area contributed by atoms with Gasteiger partial charge in [-0.15, -0.1) is 0 Å². The van der Waals surface area contributed by atoms with Crippen molar-refractivity contribution >= 4 is 5.91 Å². The average molecular weight is 395 g/mol. The Kier molecular flexibility index (Phi) is 5.96. The van der Waals surface area contributed by atoms with Crippen LogP contribution in [0.25, 0.3) is 0 Å². The van der Waals surface area contributed by atoms with Crippen molar-refractivity contribution in [2.45, 2.75) is 50.2 Å². The summed E-state index contributed by atoms with van der Waals surface area (Å²) in [6.07, 6.45) is 3.14. The molecule has 2 aromatic rings. The predicted octanol–water partition coefficient (Wildman–Crippen LogP) is 4.09. The lowest BCUT2D eigenvalue weighted by molar-refractivity contribution is -0.142. The number of alkyl halides is 3. The molecule has 152 valence electrons. The molecule has 0 unspecified atom stereocenters. The van der Waals surface area contributed by atoms with E-state index < -0.39 is 18.6 Å². The molecule has 1 aliphatic rings. The van der Waals surface area contributed by atoms with Gasteiger partial charge in [-0.1, -0.05) is 31.4 Å². The van der Waals surface area contributed by atoms with Crippen LogP contribution < -0.4 is 10.1 Å². The third-order valence-corrected chi connectivity index (χ3v) is 5.34. The summed E-state index contributed by atoms with van der Waals surface area (Å²) in [4.78, 5) is 12.5. The van der Waals surface area contributed by atoms with Crippen molar-refractivity contribution in [3.05, 3.63) is 47.8 Å². The van der Waals surface area contributed by atoms with E-state index in [4.69, 9.17) is 4.74 Å². The van der Waals surface area contributed by atoms with Crippen molar-refractivity contribution in [2.75, 3.05) is 13.7 Å². The second kappa shape index (κ2) is 8.24. The van der Waals surface area contributed by atoms with Crippen LogP contribution in [0.5, 0.6) is 5.75 Å². The van der Waals surface area contributed by atoms with Gasteiger partial charge in [0.25, 0.3) is 5.91 Å². The molecule has 1 N–H and O–H groups in total. The van der Waals surface area contributed by atoms with E-state index in [0.717, 1.165) is 54.3 Å². The lowest BCUT2D eigenvalue weighted by Gasteiger charge is -2.38. The zero-order chi connectivity index (χ0) is 20.2. The number of amides is 1. The molecule has 28 heavy (non-hydrogen) atoms. The molecule has 0 aliphatic heterocycles. The van der Waals surface area contributed by atoms with Crippen molar-refractivity contribution in [2.24, 2.45) is 0 Å². The van der Waals surface area contributed by atoms with Gasteiger partial charge in [0.2, 0.25) is 0 Å². The normalized spacial score (nSPS) is 16.6. The fourth-order valence-corrected chi connectivity index (χ4v) is 3.84. The highest BCUT2D eigenvalue weighted by molar-refractivity contribution is 5.93. The maximum atomic E-state index is 12.5. The number of carbonyl (C=O) groups excluding carboxylic acids is 1. The van der Waals surface area contributed by atoms with E-state index in [1.165, 1.54) is 6.20 Å². The summed E-state index contributed by atoms with van der Waals surface area (Å²) in [6, 6.07) is 7.87. The average Bonchev–Trinajstić information content (AvgIpc) is 3.13. The maximum Gasteiger partial charge on any atom is 0.408 e. The molecule has 5 nitrogen and oxygen atoms in total. The third kappa shape index (κ3) is 4.85. The van der Waals surface area contributed by atoms with Gasteiger partial charge < -0.3 is 10.1 Å². The smallest absolute Gasteiger partial charge is 0.408 e. The predicted molar refractivity (Wildman–Crippen MR) is 98.4 cm³/mol. The Morgan fingerprint density at radius 2 is 1.89 bits per heavy atom. The molecule has 1 fully saturated rings. The molecule has 1 aromatic carbocycles. The van der Waals surface area contributed by atoms with E-state index in [1.54, 1.807) is 7.11 Å². The van der Waals surface area contributed by atoms with E-state index in [1.807, 2.05) is 24.3 Å². The first-order chi connectivity index (χ1) is 13.3. The maximum absolute atomic E-state index is 12.5. The van der Waals surface area contributed by atoms with Crippen LogP contribution in [0.15, 0.2) is 36.7 Å². The van der Waals surface area contributed by atoms with E-state index >= 15 is 0 Å². The largest absolute Gasteiger partial charge is 0.497 e. The lowest BCUT2D eigenvalue weighted by Crippen LogP contribution is -2.42. The number of hydrogen-bond donors (Lipinski definition) is 1. The minimum absolute atomic E-state index is 0.130. The van der Waals surface area contributed by atoms with Gasteiger partial charge in [0.05, 0.1) is 18.9 Å². The van der Waals surface area contributed by atoms with Gasteiger partial charge in [-0.3, -0.25) is 9.48 Å². The number of ether oxygens (including phenoxy) is 1. The zero-order valence-electron chi connectivity index (χ0n) is 15.8. The highest BCUT2D eigenvalue weighted by atomic mass is 19.4. The molecule has 1 heterocycles. The van der Waals surface area contributed by atoms with E-state index in [2.05, 4.69) is 10.4 Å². The number of nitrogens with zero attached hydrogens (tertiary/aromatic N) is 2. The van der Waals surface area contributed by atoms with Crippen LogP contribution in [0.4, 0.5) is 13.2 Å². The standard InChI is InChI=1S/C20H24F3N3O2/c1-28-17-7-5-16(6-8-17)19(9-3-2-4-10-19)13-24-18(27)15-11-25-26(12-15)14-20(21,22)23/h5-8,11-12H,2-4,9-10,13-14H2,1H3,(H,24,27). The number of methoxy groups -OCH3 is 1. The molecular weight excluding hydrogens is 371 g/mol. The first kappa shape index (κ1) is 20.2. The van der Waals surface area contributed by atoms with E-state index in [0.29, 0.717) is 6.54 Å². The minimum Gasteiger partial charge on any atom is -0.497 e. The first-order valence-corrected chi connectivity index (χ1v) is 9.33. The van der Waals surface area contributed by atoms with Crippen molar-refractivity contribution in [3.8, 4) is 5.75 Å². The molecule has 1 saturated carbocycles. The van der Waals surface area contributed by atoms with Gasteiger partial charge in [-0.2, -0.15) is 18.3 Å². The Balaban J connectivity index is 1.70. The molecule has 0 spiro atoms. The Morgan fingerprint density at radius 1 is 1.21 bits per heavy atom. The summed E-state index contributed by atoms with van der Waals surface area (Å²) < 4.78 is 43.3. The van der Waals surface area contributed by atoms with Crippen molar-refractivity contribution in [1.29, 1.82) is 0 Å². The van der Waals surface area contributed by atoms with Crippen LogP contribution in [0.1, 0.15) is 48.0 Å². The van der Waals surface area contributed by atoms with Gasteiger partial charge in [0, 0.05) is 18.2 Å². The van der Waals surface area contributed by atoms with Crippen LogP contribution in [0, 0.1) is 0 Å². The number of rotatable bonds is 6. The minimum atomic E-state index is -4.37. The van der Waals surface area contributed by atoms with Crippen LogP contribution >= 0.6 is 0 Å². The van der Waals surface area contributed by atoms with Gasteiger partial charge >= 0.3 is 6.18 Å². The fourth-order valence-electron chi connectivity index (χ4n) is 3.84. The number of nitrogens with one attached hydrogen (secondary N) is 1. The van der Waals surface area contributed by atoms with Gasteiger partial charge in [0.15, 0.2) is 0 Å². The topological polar surface area (TPSA) is 56.1 Å². The highest BCUT2D eigenvalue weighted by Crippen LogP contribution is 2.39. The van der Waals surface area contributed by atoms with Crippen LogP contribution in [-0.4, -0.2) is 35.5 Å². The molecule has 0 atom stereocenters. The van der Waals surface area contributed by atoms with Gasteiger partial charge in [0.1, 0.15) is 12.3 Å². The number of halogens is 3. The summed E-state index contributed by atoms with van der Waals surface area (Å²) in [5.74, 6) is 0.364. The second-order valence-corrected chi connectivity index (χ2v) is 7.29. The summed E-state index contributed by atoms with van der Waals surface area (Å²) in [7, 11) is 1.62. The molecule has 1 aliphatic carbocycles. The zero-order valence-corrected chi connectivity index (χ0v) is 15.8. The molecule has 0 radical (unpaired) electrons. The van der Waals surface area contributed by atoms with Crippen LogP contribution in [0.3, 0.4) is 0 Å². The quantitative estimate of drug-likeness (QED) is 0.802. The van der Waals surface area contributed by atoms with E-state index in [-0.39, 0.29) is 11.0 Å². The monoisotopic (exact) mass is 395 g/mol. The summed E-state index contributed by atoms with van der Waals surface area (Å²) >= 11 is 0. The second-order valence-electron chi connectivity index (χ2n) is 7.29. The third-order valence-electron chi connectivity index (χ3n) is 5.34. The van der Waals surface area contributed by atoms with Gasteiger partial charge in [-0.25, -0.2) is 0 Å². The Labute approximate surface area is 161 Å². The van der Waals surface area contributed by atoms with Gasteiger partial charge in [-0.05, 0) is 30.5 Å². The number of aromatic nitrogens is 2. The molecule has 0 saturated heterocycles. The Hall–Kier alpha value is -2.51. The fraction of sp³-hybridized carbons (Fsp3) is 0.500. The van der Waals surface area contributed by atoms with E-state index in [9.17, 15) is 18.0 Å². The Morgan fingerprint density at radius 3 is 2.50 bits per heavy atom. The number of hydrogen-bond acceptors (Lipinski definition) is 3. The van der Waals surface area contributed by atoms with Crippen molar-refractivity contribution in [1.82, 2.24) is 15.1 Å². The molecule has 1 amide bonds. The van der Waals surface area contributed by atoms with Crippen LogP contribution in [-0.2, 0) is 12.0 Å². The first-order valence-electron chi connectivity index (χ1n) is 9.33. The summed E-state index contributed by atoms with van der Waals surface area (Å²) in [6.45, 7) is -0.779. The molecule has 0 bridgehead atoms. The van der Waals surface area contributed by atoms with Crippen LogP contribution in [0.2, 0.25) is 0 Å². The molecule has 8 heteroatoms. The Bertz CT molecular complexity index is 794. The van der Waals surface area contributed by atoms with Crippen molar-refractivity contribution in [3.63, 3.8) is 0 Å². The summed E-state index contributed by atoms with van der Waals surface area (Å²) in [5, 5.41) is 6.54. The lowest BCUT2D eigenvalue weighted by atomic mass is 9.69. The molecular formula is C20H24F3N3O2. The SMILES string of the molecule is COc1ccc(C2(CNC(=O)c3cnn(CC(F)(F)F)c3)CCCCC2)cc1. The number of carbonyl (C=O) groups is 1.